The van der Waals surface area contributed by atoms with Crippen LogP contribution in [0, 0.1) is 0 Å². The molecule has 0 heterocycles. The second-order valence-corrected chi connectivity index (χ2v) is 6.02. The van der Waals surface area contributed by atoms with E-state index in [0.29, 0.717) is 24.9 Å². The number of phenolic OH excluding ortho intramolecular Hbond substituents is 2. The number of carbonyl (C=O) groups excluding carboxylic acids is 2. The number of benzene rings is 1. The maximum absolute atomic E-state index is 11.5. The van der Waals surface area contributed by atoms with Gasteiger partial charge in [-0.05, 0) is 45.7 Å². The predicted molar refractivity (Wildman–Crippen MR) is 83.7 cm³/mol. The molecule has 0 spiro atoms. The molecule has 0 saturated heterocycles. The first-order valence-electron chi connectivity index (χ1n) is 7.24. The summed E-state index contributed by atoms with van der Waals surface area (Å²) < 4.78 is 9.62. The van der Waals surface area contributed by atoms with Crippen molar-refractivity contribution in [1.29, 1.82) is 0 Å². The Morgan fingerprint density at radius 1 is 1.17 bits per heavy atom. The molecule has 0 unspecified atom stereocenters. The fourth-order valence-corrected chi connectivity index (χ4v) is 1.90. The molecule has 0 aliphatic carbocycles. The molecular weight excluding hydrogens is 302 g/mol. The molecular formula is C16H23NO6. The van der Waals surface area contributed by atoms with Crippen molar-refractivity contribution in [3.8, 4) is 11.5 Å². The summed E-state index contributed by atoms with van der Waals surface area (Å²) in [5.41, 5.74) is -0.189. The number of methoxy groups -OCH3 is 1. The highest BCUT2D eigenvalue weighted by Gasteiger charge is 2.16. The van der Waals surface area contributed by atoms with Crippen molar-refractivity contribution >= 4 is 12.1 Å². The molecule has 1 aromatic carbocycles. The highest BCUT2D eigenvalue weighted by molar-refractivity contribution is 5.90. The van der Waals surface area contributed by atoms with E-state index in [4.69, 9.17) is 4.74 Å². The lowest BCUT2D eigenvalue weighted by Crippen LogP contribution is -2.33. The molecule has 0 aromatic heterocycles. The number of aromatic hydroxyl groups is 2. The zero-order chi connectivity index (χ0) is 17.6. The minimum absolute atomic E-state index is 0.0677. The Balaban J connectivity index is 2.56. The first kappa shape index (κ1) is 18.6. The van der Waals surface area contributed by atoms with Crippen LogP contribution in [0.3, 0.4) is 0 Å². The lowest BCUT2D eigenvalue weighted by Gasteiger charge is -2.19. The van der Waals surface area contributed by atoms with E-state index in [1.807, 2.05) is 0 Å². The number of hydrogen-bond donors (Lipinski definition) is 3. The third kappa shape index (κ3) is 6.06. The number of alkyl carbamates (subject to hydrolysis) is 1. The summed E-state index contributed by atoms with van der Waals surface area (Å²) in [5, 5.41) is 22.4. The van der Waals surface area contributed by atoms with Crippen LogP contribution in [0.25, 0.3) is 0 Å². The van der Waals surface area contributed by atoms with Gasteiger partial charge in [0, 0.05) is 12.1 Å². The zero-order valence-electron chi connectivity index (χ0n) is 13.8. The van der Waals surface area contributed by atoms with Gasteiger partial charge in [0.25, 0.3) is 0 Å². The van der Waals surface area contributed by atoms with Gasteiger partial charge in [-0.1, -0.05) is 0 Å². The number of rotatable bonds is 5. The summed E-state index contributed by atoms with van der Waals surface area (Å²) in [6.45, 7) is 5.63. The molecule has 1 rings (SSSR count). The molecule has 0 radical (unpaired) electrons. The topological polar surface area (TPSA) is 105 Å². The molecule has 0 atom stereocenters. The van der Waals surface area contributed by atoms with E-state index in [1.165, 1.54) is 19.2 Å². The Morgan fingerprint density at radius 2 is 1.74 bits per heavy atom. The largest absolute Gasteiger partial charge is 0.508 e. The highest BCUT2D eigenvalue weighted by atomic mass is 16.6. The number of amides is 1. The van der Waals surface area contributed by atoms with E-state index in [1.54, 1.807) is 20.8 Å². The smallest absolute Gasteiger partial charge is 0.407 e. The standard InChI is InChI=1S/C16H23NO6/c1-16(2,3)23-15(21)17-7-5-6-11-12(18)8-10(9-13(11)19)14(20)22-4/h8-9,18-19H,5-7H2,1-4H3,(H,17,21). The summed E-state index contributed by atoms with van der Waals surface area (Å²) >= 11 is 0. The number of esters is 1. The maximum atomic E-state index is 11.5. The molecule has 0 bridgehead atoms. The minimum Gasteiger partial charge on any atom is -0.508 e. The quantitative estimate of drug-likeness (QED) is 0.567. The average molecular weight is 325 g/mol. The fourth-order valence-electron chi connectivity index (χ4n) is 1.90. The zero-order valence-corrected chi connectivity index (χ0v) is 13.8. The summed E-state index contributed by atoms with van der Waals surface area (Å²) in [6.07, 6.45) is 0.291. The van der Waals surface area contributed by atoms with Gasteiger partial charge in [0.05, 0.1) is 12.7 Å². The SMILES string of the molecule is COC(=O)c1cc(O)c(CCCNC(=O)OC(C)(C)C)c(O)c1. The molecule has 0 fully saturated rings. The molecule has 1 amide bonds. The second-order valence-electron chi connectivity index (χ2n) is 6.02. The van der Waals surface area contributed by atoms with E-state index >= 15 is 0 Å². The van der Waals surface area contributed by atoms with Gasteiger partial charge < -0.3 is 25.0 Å². The Labute approximate surface area is 135 Å². The van der Waals surface area contributed by atoms with Crippen molar-refractivity contribution in [2.45, 2.75) is 39.2 Å². The third-order valence-electron chi connectivity index (χ3n) is 2.90. The van der Waals surface area contributed by atoms with Crippen LogP contribution in [0.1, 0.15) is 43.1 Å². The number of hydrogen-bond acceptors (Lipinski definition) is 6. The van der Waals surface area contributed by atoms with Crippen LogP contribution in [0.2, 0.25) is 0 Å². The molecule has 1 aromatic rings. The van der Waals surface area contributed by atoms with E-state index in [-0.39, 0.29) is 17.1 Å². The first-order valence-corrected chi connectivity index (χ1v) is 7.24. The normalized spacial score (nSPS) is 11.0. The van der Waals surface area contributed by atoms with Crippen LogP contribution in [0.15, 0.2) is 12.1 Å². The third-order valence-corrected chi connectivity index (χ3v) is 2.90. The molecule has 0 aliphatic heterocycles. The predicted octanol–water partition coefficient (Wildman–Crippen LogP) is 2.34. The molecule has 0 saturated carbocycles. The molecule has 3 N–H and O–H groups in total. The lowest BCUT2D eigenvalue weighted by molar-refractivity contribution is 0.0526. The Bertz CT molecular complexity index is 553. The molecule has 0 aliphatic rings. The van der Waals surface area contributed by atoms with E-state index in [2.05, 4.69) is 10.1 Å². The number of ether oxygens (including phenoxy) is 2. The monoisotopic (exact) mass is 325 g/mol. The van der Waals surface area contributed by atoms with Gasteiger partial charge >= 0.3 is 12.1 Å². The second kappa shape index (κ2) is 7.71. The lowest BCUT2D eigenvalue weighted by atomic mass is 10.0. The van der Waals surface area contributed by atoms with Crippen molar-refractivity contribution < 1.29 is 29.3 Å². The van der Waals surface area contributed by atoms with Crippen LogP contribution in [-0.4, -0.2) is 41.5 Å². The van der Waals surface area contributed by atoms with Crippen molar-refractivity contribution in [3.05, 3.63) is 23.3 Å². The maximum Gasteiger partial charge on any atom is 0.407 e. The van der Waals surface area contributed by atoms with Gasteiger partial charge in [0.1, 0.15) is 17.1 Å². The van der Waals surface area contributed by atoms with Gasteiger partial charge in [-0.25, -0.2) is 9.59 Å². The summed E-state index contributed by atoms with van der Waals surface area (Å²) in [7, 11) is 1.21. The van der Waals surface area contributed by atoms with Crippen LogP contribution >= 0.6 is 0 Å². The number of carbonyl (C=O) groups is 2. The van der Waals surface area contributed by atoms with Crippen LogP contribution < -0.4 is 5.32 Å². The minimum atomic E-state index is -0.645. The molecule has 7 nitrogen and oxygen atoms in total. The van der Waals surface area contributed by atoms with Crippen molar-refractivity contribution in [1.82, 2.24) is 5.32 Å². The summed E-state index contributed by atoms with van der Waals surface area (Å²) in [5.74, 6) is -1.03. The van der Waals surface area contributed by atoms with Crippen molar-refractivity contribution in [3.63, 3.8) is 0 Å². The Morgan fingerprint density at radius 3 is 2.22 bits per heavy atom. The average Bonchev–Trinajstić information content (AvgIpc) is 2.42. The van der Waals surface area contributed by atoms with Crippen LogP contribution in [0.5, 0.6) is 11.5 Å². The van der Waals surface area contributed by atoms with Crippen molar-refractivity contribution in [2.75, 3.05) is 13.7 Å². The van der Waals surface area contributed by atoms with Crippen LogP contribution in [0.4, 0.5) is 4.79 Å². The number of nitrogens with one attached hydrogen (secondary N) is 1. The van der Waals surface area contributed by atoms with Crippen molar-refractivity contribution in [2.24, 2.45) is 0 Å². The summed E-state index contributed by atoms with van der Waals surface area (Å²) in [4.78, 5) is 22.8. The Hall–Kier alpha value is -2.44. The summed E-state index contributed by atoms with van der Waals surface area (Å²) in [6, 6.07) is 2.48. The van der Waals surface area contributed by atoms with E-state index in [9.17, 15) is 19.8 Å². The van der Waals surface area contributed by atoms with Gasteiger partial charge in [0.15, 0.2) is 0 Å². The van der Waals surface area contributed by atoms with E-state index < -0.39 is 17.7 Å². The van der Waals surface area contributed by atoms with Gasteiger partial charge in [-0.3, -0.25) is 0 Å². The highest BCUT2D eigenvalue weighted by Crippen LogP contribution is 2.30. The molecule has 128 valence electrons. The van der Waals surface area contributed by atoms with Gasteiger partial charge in [-0.2, -0.15) is 0 Å². The van der Waals surface area contributed by atoms with E-state index in [0.717, 1.165) is 0 Å². The first-order chi connectivity index (χ1) is 10.6. The molecule has 7 heteroatoms. The van der Waals surface area contributed by atoms with Gasteiger partial charge in [-0.15, -0.1) is 0 Å². The van der Waals surface area contributed by atoms with Gasteiger partial charge in [0.2, 0.25) is 0 Å². The molecule has 23 heavy (non-hydrogen) atoms. The Kier molecular flexibility index (Phi) is 6.24. The van der Waals surface area contributed by atoms with Crippen LogP contribution in [-0.2, 0) is 15.9 Å². The number of phenols is 2. The fraction of sp³-hybridized carbons (Fsp3) is 0.500.